The smallest absolute Gasteiger partial charge is 0.210 e. The van der Waals surface area contributed by atoms with E-state index in [-0.39, 0.29) is 0 Å². The van der Waals surface area contributed by atoms with Crippen LogP contribution < -0.4 is 9.80 Å². The van der Waals surface area contributed by atoms with Gasteiger partial charge >= 0.3 is 0 Å². The molecule has 0 aliphatic carbocycles. The van der Waals surface area contributed by atoms with Gasteiger partial charge in [-0.05, 0) is 62.8 Å². The molecule has 2 aliphatic rings. The van der Waals surface area contributed by atoms with Crippen LogP contribution in [0, 0.1) is 13.1 Å². The third-order valence-corrected chi connectivity index (χ3v) is 5.95. The van der Waals surface area contributed by atoms with Crippen LogP contribution in [-0.4, -0.2) is 26.2 Å². The molecule has 2 heterocycles. The summed E-state index contributed by atoms with van der Waals surface area (Å²) in [7, 11) is 0. The first-order valence-corrected chi connectivity index (χ1v) is 11.2. The van der Waals surface area contributed by atoms with Crippen molar-refractivity contribution in [1.82, 2.24) is 0 Å². The van der Waals surface area contributed by atoms with Crippen molar-refractivity contribution < 1.29 is 0 Å². The summed E-state index contributed by atoms with van der Waals surface area (Å²) in [5.41, 5.74) is 3.75. The molecule has 2 fully saturated rings. The van der Waals surface area contributed by atoms with E-state index in [1.165, 1.54) is 38.5 Å². The van der Waals surface area contributed by atoms with Crippen molar-refractivity contribution in [2.24, 2.45) is 0 Å². The van der Waals surface area contributed by atoms with E-state index in [4.69, 9.17) is 13.1 Å². The van der Waals surface area contributed by atoms with Gasteiger partial charge in [0.05, 0.1) is 13.1 Å². The Morgan fingerprint density at radius 2 is 1.17 bits per heavy atom. The molecule has 0 radical (unpaired) electrons. The molecule has 0 bridgehead atoms. The van der Waals surface area contributed by atoms with Crippen LogP contribution in [0.1, 0.15) is 38.5 Å². The predicted molar refractivity (Wildman–Crippen MR) is 125 cm³/mol. The van der Waals surface area contributed by atoms with Crippen LogP contribution >= 0.6 is 15.9 Å². The number of rotatable bonds is 2. The number of halogens is 1. The normalized spacial score (nSPS) is 16.2. The lowest BCUT2D eigenvalue weighted by molar-refractivity contribution is 0.578. The Bertz CT molecular complexity index is 884. The Kier molecular flexibility index (Phi) is 7.96. The van der Waals surface area contributed by atoms with Gasteiger partial charge in [0.1, 0.15) is 0 Å². The number of benzene rings is 2. The van der Waals surface area contributed by atoms with Crippen LogP contribution in [0.2, 0.25) is 0 Å². The third kappa shape index (κ3) is 5.75. The van der Waals surface area contributed by atoms with Gasteiger partial charge in [-0.15, -0.1) is 0 Å². The van der Waals surface area contributed by atoms with Crippen LogP contribution in [0.3, 0.4) is 0 Å². The number of hydrogen-bond acceptors (Lipinski definition) is 2. The second kappa shape index (κ2) is 10.9. The van der Waals surface area contributed by atoms with Gasteiger partial charge in [0, 0.05) is 42.0 Å². The molecule has 0 unspecified atom stereocenters. The van der Waals surface area contributed by atoms with Crippen LogP contribution in [0.25, 0.3) is 9.69 Å². The van der Waals surface area contributed by atoms with Crippen molar-refractivity contribution >= 4 is 38.7 Å². The number of nitrogens with zero attached hydrogens (tertiary/aromatic N) is 4. The molecule has 0 spiro atoms. The van der Waals surface area contributed by atoms with Crippen molar-refractivity contribution in [2.45, 2.75) is 38.5 Å². The van der Waals surface area contributed by atoms with Crippen molar-refractivity contribution in [1.29, 1.82) is 0 Å². The zero-order valence-electron chi connectivity index (χ0n) is 16.8. The molecule has 0 atom stereocenters. The zero-order chi connectivity index (χ0) is 20.5. The topological polar surface area (TPSA) is 15.2 Å². The first-order valence-electron chi connectivity index (χ1n) is 10.4. The fourth-order valence-electron chi connectivity index (χ4n) is 3.95. The summed E-state index contributed by atoms with van der Waals surface area (Å²) in [5, 5.41) is 0. The molecule has 2 saturated heterocycles. The van der Waals surface area contributed by atoms with Gasteiger partial charge in [0.25, 0.3) is 0 Å². The van der Waals surface area contributed by atoms with Gasteiger partial charge in [-0.3, -0.25) is 0 Å². The maximum Gasteiger partial charge on any atom is 0.210 e. The average Bonchev–Trinajstić information content (AvgIpc) is 2.80. The second-order valence-corrected chi connectivity index (χ2v) is 8.36. The first kappa shape index (κ1) is 21.2. The van der Waals surface area contributed by atoms with Crippen molar-refractivity contribution in [3.63, 3.8) is 0 Å². The highest BCUT2D eigenvalue weighted by molar-refractivity contribution is 9.10. The summed E-state index contributed by atoms with van der Waals surface area (Å²) < 4.78 is 0.981. The van der Waals surface area contributed by atoms with E-state index in [9.17, 15) is 0 Å². The van der Waals surface area contributed by atoms with Crippen LogP contribution in [0.15, 0.2) is 46.9 Å². The largest absolute Gasteiger partial charge is 0.380 e. The molecule has 0 amide bonds. The van der Waals surface area contributed by atoms with E-state index in [2.05, 4.69) is 41.5 Å². The van der Waals surface area contributed by atoms with Gasteiger partial charge in [-0.25, -0.2) is 9.69 Å². The molecule has 29 heavy (non-hydrogen) atoms. The molecule has 4 nitrogen and oxygen atoms in total. The Morgan fingerprint density at radius 3 is 1.72 bits per heavy atom. The standard InChI is InChI=1S/C12H13BrN2.C12H14N2/c1-14-11-9-10(13)5-6-12(11)15-7-3-2-4-8-15;1-13-11-7-3-4-8-12(11)14-9-5-2-6-10-14/h5-6,9H,2-4,7-8H2;3-4,7-8H,2,5-6,9-10H2. The number of piperidine rings is 2. The highest BCUT2D eigenvalue weighted by Gasteiger charge is 2.15. The number of para-hydroxylation sites is 2. The van der Waals surface area contributed by atoms with E-state index in [0.717, 1.165) is 53.4 Å². The van der Waals surface area contributed by atoms with Gasteiger partial charge in [-0.1, -0.05) is 34.1 Å². The third-order valence-electron chi connectivity index (χ3n) is 5.45. The first-order chi connectivity index (χ1) is 14.2. The van der Waals surface area contributed by atoms with Gasteiger partial charge in [0.15, 0.2) is 0 Å². The minimum atomic E-state index is 0.756. The molecule has 2 aliphatic heterocycles. The molecule has 2 aromatic carbocycles. The Labute approximate surface area is 182 Å². The molecule has 2 aromatic rings. The minimum absolute atomic E-state index is 0.756. The maximum atomic E-state index is 7.18. The van der Waals surface area contributed by atoms with Crippen LogP contribution in [0.5, 0.6) is 0 Å². The Hall–Kier alpha value is -2.50. The average molecular weight is 451 g/mol. The summed E-state index contributed by atoms with van der Waals surface area (Å²) in [6.07, 6.45) is 7.65. The van der Waals surface area contributed by atoms with Gasteiger partial charge in [0.2, 0.25) is 11.4 Å². The van der Waals surface area contributed by atoms with Crippen LogP contribution in [0.4, 0.5) is 22.7 Å². The fraction of sp³-hybridized carbons (Fsp3) is 0.417. The highest BCUT2D eigenvalue weighted by Crippen LogP contribution is 2.33. The zero-order valence-corrected chi connectivity index (χ0v) is 18.4. The van der Waals surface area contributed by atoms with Crippen molar-refractivity contribution in [2.75, 3.05) is 36.0 Å². The number of anilines is 2. The molecular formula is C24H27BrN4. The molecule has 0 aromatic heterocycles. The van der Waals surface area contributed by atoms with Gasteiger partial charge in [-0.2, -0.15) is 0 Å². The predicted octanol–water partition coefficient (Wildman–Crippen LogP) is 7.22. The van der Waals surface area contributed by atoms with E-state index in [0.29, 0.717) is 0 Å². The lowest BCUT2D eigenvalue weighted by Gasteiger charge is -2.29. The fourth-order valence-corrected chi connectivity index (χ4v) is 4.30. The summed E-state index contributed by atoms with van der Waals surface area (Å²) in [6.45, 7) is 18.7. The Balaban J connectivity index is 0.000000166. The second-order valence-electron chi connectivity index (χ2n) is 7.44. The van der Waals surface area contributed by atoms with E-state index in [1.807, 2.05) is 36.4 Å². The summed E-state index contributed by atoms with van der Waals surface area (Å²) in [5.74, 6) is 0. The summed E-state index contributed by atoms with van der Waals surface area (Å²) in [4.78, 5) is 11.8. The molecular weight excluding hydrogens is 424 g/mol. The Morgan fingerprint density at radius 1 is 0.655 bits per heavy atom. The molecule has 150 valence electrons. The molecule has 4 rings (SSSR count). The van der Waals surface area contributed by atoms with E-state index < -0.39 is 0 Å². The quantitative estimate of drug-likeness (QED) is 0.448. The van der Waals surface area contributed by atoms with E-state index >= 15 is 0 Å². The summed E-state index contributed by atoms with van der Waals surface area (Å²) in [6, 6.07) is 13.9. The molecule has 5 heteroatoms. The highest BCUT2D eigenvalue weighted by atomic mass is 79.9. The lowest BCUT2D eigenvalue weighted by Crippen LogP contribution is -2.29. The SMILES string of the molecule is [C-]#[N+]c1cc(Br)ccc1N1CCCCC1.[C-]#[N+]c1ccccc1N1CCCCC1. The van der Waals surface area contributed by atoms with Crippen molar-refractivity contribution in [3.05, 3.63) is 69.8 Å². The number of hydrogen-bond donors (Lipinski definition) is 0. The monoisotopic (exact) mass is 450 g/mol. The van der Waals surface area contributed by atoms with E-state index in [1.54, 1.807) is 0 Å². The maximum absolute atomic E-state index is 7.18. The van der Waals surface area contributed by atoms with Crippen LogP contribution in [-0.2, 0) is 0 Å². The molecule has 0 N–H and O–H groups in total. The summed E-state index contributed by atoms with van der Waals surface area (Å²) >= 11 is 3.40. The minimum Gasteiger partial charge on any atom is -0.380 e. The van der Waals surface area contributed by atoms with Crippen molar-refractivity contribution in [3.8, 4) is 0 Å². The van der Waals surface area contributed by atoms with Gasteiger partial charge < -0.3 is 9.80 Å². The lowest BCUT2D eigenvalue weighted by atomic mass is 10.1. The molecule has 0 saturated carbocycles.